The summed E-state index contributed by atoms with van der Waals surface area (Å²) < 4.78 is 40.4. The van der Waals surface area contributed by atoms with Gasteiger partial charge in [0.15, 0.2) is 5.75 Å². The molecule has 7 heteroatoms. The lowest BCUT2D eigenvalue weighted by atomic mass is 10.3. The molecule has 0 aromatic heterocycles. The highest BCUT2D eigenvalue weighted by atomic mass is 127. The van der Waals surface area contributed by atoms with E-state index in [1.165, 1.54) is 6.07 Å². The standard InChI is InChI=1S/C7H4BrF3INO/c8-4-1-3(12)2-5(6(4)13)14-7(9,10)11/h1-2H,13H2. The molecule has 1 aromatic carbocycles. The molecule has 0 fully saturated rings. The predicted molar refractivity (Wildman–Crippen MR) is 58.0 cm³/mol. The number of hydrogen-bond donors (Lipinski definition) is 1. The summed E-state index contributed by atoms with van der Waals surface area (Å²) in [5, 5.41) is 0. The molecule has 2 nitrogen and oxygen atoms in total. The van der Waals surface area contributed by atoms with Gasteiger partial charge in [-0.05, 0) is 50.7 Å². The number of nitrogen functional groups attached to an aromatic ring is 1. The van der Waals surface area contributed by atoms with Gasteiger partial charge in [0.2, 0.25) is 0 Å². The van der Waals surface area contributed by atoms with Gasteiger partial charge in [-0.3, -0.25) is 0 Å². The number of alkyl halides is 3. The molecule has 2 N–H and O–H groups in total. The molecule has 0 radical (unpaired) electrons. The highest BCUT2D eigenvalue weighted by Crippen LogP contribution is 2.35. The van der Waals surface area contributed by atoms with Crippen LogP contribution in [0.4, 0.5) is 18.9 Å². The fourth-order valence-electron chi connectivity index (χ4n) is 0.770. The van der Waals surface area contributed by atoms with E-state index >= 15 is 0 Å². The van der Waals surface area contributed by atoms with Crippen LogP contribution in [0.15, 0.2) is 16.6 Å². The zero-order valence-corrected chi connectivity index (χ0v) is 10.3. The minimum atomic E-state index is -4.72. The molecule has 1 rings (SSSR count). The van der Waals surface area contributed by atoms with Gasteiger partial charge < -0.3 is 10.5 Å². The summed E-state index contributed by atoms with van der Waals surface area (Å²) in [7, 11) is 0. The molecule has 0 atom stereocenters. The van der Waals surface area contributed by atoms with Gasteiger partial charge in [0.05, 0.1) is 5.69 Å². The number of rotatable bonds is 1. The number of ether oxygens (including phenoxy) is 1. The van der Waals surface area contributed by atoms with Gasteiger partial charge >= 0.3 is 6.36 Å². The smallest absolute Gasteiger partial charge is 0.404 e. The van der Waals surface area contributed by atoms with Crippen LogP contribution in [0.2, 0.25) is 0 Å². The topological polar surface area (TPSA) is 35.2 Å². The molecule has 0 unspecified atom stereocenters. The molecule has 1 aromatic rings. The van der Waals surface area contributed by atoms with Gasteiger partial charge in [-0.2, -0.15) is 0 Å². The molecule has 0 spiro atoms. The molecule has 0 saturated heterocycles. The fraction of sp³-hybridized carbons (Fsp3) is 0.143. The molecule has 0 aliphatic heterocycles. The largest absolute Gasteiger partial charge is 0.573 e. The lowest BCUT2D eigenvalue weighted by molar-refractivity contribution is -0.274. The summed E-state index contributed by atoms with van der Waals surface area (Å²) in [6, 6.07) is 2.81. The van der Waals surface area contributed by atoms with Gasteiger partial charge in [0.25, 0.3) is 0 Å². The third kappa shape index (κ3) is 3.19. The van der Waals surface area contributed by atoms with Crippen LogP contribution in [0.3, 0.4) is 0 Å². The van der Waals surface area contributed by atoms with Crippen LogP contribution < -0.4 is 10.5 Å². The SMILES string of the molecule is Nc1c(Br)cc(I)cc1OC(F)(F)F. The molecule has 0 aliphatic rings. The second-order valence-electron chi connectivity index (χ2n) is 2.35. The van der Waals surface area contributed by atoms with Crippen LogP contribution in [0.25, 0.3) is 0 Å². The maximum absolute atomic E-state index is 11.9. The van der Waals surface area contributed by atoms with E-state index in [9.17, 15) is 13.2 Å². The minimum absolute atomic E-state index is 0.0669. The lowest BCUT2D eigenvalue weighted by Gasteiger charge is -2.12. The molecule has 0 heterocycles. The van der Waals surface area contributed by atoms with Gasteiger partial charge in [-0.25, -0.2) is 0 Å². The Kier molecular flexibility index (Phi) is 3.51. The highest BCUT2D eigenvalue weighted by molar-refractivity contribution is 14.1. The van der Waals surface area contributed by atoms with Crippen molar-refractivity contribution in [3.8, 4) is 5.75 Å². The Bertz CT molecular complexity index is 356. The third-order valence-electron chi connectivity index (χ3n) is 1.28. The van der Waals surface area contributed by atoms with Crippen LogP contribution in [-0.2, 0) is 0 Å². The maximum Gasteiger partial charge on any atom is 0.573 e. The van der Waals surface area contributed by atoms with Gasteiger partial charge in [0, 0.05) is 8.04 Å². The molecular formula is C7H4BrF3INO. The van der Waals surface area contributed by atoms with Crippen LogP contribution in [0.1, 0.15) is 0 Å². The number of halogens is 5. The van der Waals surface area contributed by atoms with Crippen molar-refractivity contribution in [1.82, 2.24) is 0 Å². The average Bonchev–Trinajstić information content (AvgIpc) is 1.96. The van der Waals surface area contributed by atoms with Crippen molar-refractivity contribution in [2.75, 3.05) is 5.73 Å². The summed E-state index contributed by atoms with van der Waals surface area (Å²) in [5.41, 5.74) is 5.32. The zero-order valence-electron chi connectivity index (χ0n) is 6.53. The first kappa shape index (κ1) is 11.9. The fourth-order valence-corrected chi connectivity index (χ4v) is 2.23. The maximum atomic E-state index is 11.9. The van der Waals surface area contributed by atoms with Gasteiger partial charge in [-0.1, -0.05) is 0 Å². The quantitative estimate of drug-likeness (QED) is 0.596. The van der Waals surface area contributed by atoms with Crippen molar-refractivity contribution in [3.63, 3.8) is 0 Å². The van der Waals surface area contributed by atoms with E-state index in [2.05, 4.69) is 20.7 Å². The van der Waals surface area contributed by atoms with Crippen molar-refractivity contribution >= 4 is 44.2 Å². The molecule has 0 bridgehead atoms. The van der Waals surface area contributed by atoms with Crippen LogP contribution >= 0.6 is 38.5 Å². The molecule has 78 valence electrons. The van der Waals surface area contributed by atoms with E-state index in [1.807, 2.05) is 22.6 Å². The Labute approximate surface area is 99.9 Å². The summed E-state index contributed by atoms with van der Waals surface area (Å²) in [5.74, 6) is -0.392. The minimum Gasteiger partial charge on any atom is -0.404 e. The molecule has 0 saturated carbocycles. The van der Waals surface area contributed by atoms with Crippen molar-refractivity contribution in [3.05, 3.63) is 20.2 Å². The average molecular weight is 382 g/mol. The zero-order chi connectivity index (χ0) is 10.9. The van der Waals surface area contributed by atoms with Crippen LogP contribution in [0, 0.1) is 3.57 Å². The summed E-state index contributed by atoms with van der Waals surface area (Å²) in [4.78, 5) is 0. The molecule has 0 aliphatic carbocycles. The molecule has 0 amide bonds. The second-order valence-corrected chi connectivity index (χ2v) is 4.45. The first-order valence-electron chi connectivity index (χ1n) is 3.30. The number of benzene rings is 1. The van der Waals surface area contributed by atoms with E-state index in [0.717, 1.165) is 0 Å². The van der Waals surface area contributed by atoms with Gasteiger partial charge in [0.1, 0.15) is 0 Å². The third-order valence-corrected chi connectivity index (χ3v) is 2.56. The van der Waals surface area contributed by atoms with Crippen LogP contribution in [-0.4, -0.2) is 6.36 Å². The second kappa shape index (κ2) is 4.13. The van der Waals surface area contributed by atoms with Gasteiger partial charge in [-0.15, -0.1) is 13.2 Å². The number of anilines is 1. The monoisotopic (exact) mass is 381 g/mol. The predicted octanol–water partition coefficient (Wildman–Crippen LogP) is 3.53. The summed E-state index contributed by atoms with van der Waals surface area (Å²) in [6.45, 7) is 0. The Morgan fingerprint density at radius 1 is 1.36 bits per heavy atom. The Morgan fingerprint density at radius 2 is 1.93 bits per heavy atom. The van der Waals surface area contributed by atoms with Crippen molar-refractivity contribution < 1.29 is 17.9 Å². The first-order chi connectivity index (χ1) is 6.29. The summed E-state index contributed by atoms with van der Waals surface area (Å²) in [6.07, 6.45) is -4.72. The first-order valence-corrected chi connectivity index (χ1v) is 5.17. The van der Waals surface area contributed by atoms with E-state index in [4.69, 9.17) is 5.73 Å². The van der Waals surface area contributed by atoms with E-state index in [-0.39, 0.29) is 5.69 Å². The normalized spacial score (nSPS) is 11.5. The molecular weight excluding hydrogens is 378 g/mol. The van der Waals surface area contributed by atoms with Crippen LogP contribution in [0.5, 0.6) is 5.75 Å². The highest BCUT2D eigenvalue weighted by Gasteiger charge is 2.32. The molecule has 14 heavy (non-hydrogen) atoms. The van der Waals surface area contributed by atoms with E-state index < -0.39 is 12.1 Å². The number of hydrogen-bond acceptors (Lipinski definition) is 2. The number of nitrogens with two attached hydrogens (primary N) is 1. The van der Waals surface area contributed by atoms with E-state index in [1.54, 1.807) is 6.07 Å². The van der Waals surface area contributed by atoms with Crippen molar-refractivity contribution in [1.29, 1.82) is 0 Å². The van der Waals surface area contributed by atoms with E-state index in [0.29, 0.717) is 8.04 Å². The Hall–Kier alpha value is -0.180. The van der Waals surface area contributed by atoms with Crippen molar-refractivity contribution in [2.24, 2.45) is 0 Å². The van der Waals surface area contributed by atoms with Crippen molar-refractivity contribution in [2.45, 2.75) is 6.36 Å². The summed E-state index contributed by atoms with van der Waals surface area (Å²) >= 11 is 4.89. The Balaban J connectivity index is 3.09. The lowest BCUT2D eigenvalue weighted by Crippen LogP contribution is -2.18. The Morgan fingerprint density at radius 3 is 2.43 bits per heavy atom.